The molecule has 1 aliphatic carbocycles. The molecule has 1 aromatic carbocycles. The summed E-state index contributed by atoms with van der Waals surface area (Å²) in [6.07, 6.45) is 6.77. The molecule has 0 amide bonds. The lowest BCUT2D eigenvalue weighted by Crippen LogP contribution is -2.12. The maximum Gasteiger partial charge on any atom is 0.163 e. The average molecular weight is 290 g/mol. The summed E-state index contributed by atoms with van der Waals surface area (Å²) in [5.74, 6) is 1.20. The van der Waals surface area contributed by atoms with Crippen LogP contribution in [0.4, 0.5) is 0 Å². The maximum absolute atomic E-state index is 12.0. The smallest absolute Gasteiger partial charge is 0.163 e. The number of ketones is 1. The second-order valence-electron chi connectivity index (χ2n) is 5.63. The Morgan fingerprint density at radius 3 is 2.33 bits per heavy atom. The Labute approximate surface area is 129 Å². The molecule has 118 valence electrons. The summed E-state index contributed by atoms with van der Waals surface area (Å²) >= 11 is 0. The number of aryl methyl sites for hydroxylation is 2. The van der Waals surface area contributed by atoms with Crippen LogP contribution in [0.5, 0.6) is 5.75 Å². The number of carbonyl (C=O) groups excluding carboxylic acids is 1. The van der Waals surface area contributed by atoms with E-state index in [0.29, 0.717) is 12.5 Å². The van der Waals surface area contributed by atoms with Crippen LogP contribution < -0.4 is 4.74 Å². The van der Waals surface area contributed by atoms with Crippen LogP contribution >= 0.6 is 0 Å². The van der Waals surface area contributed by atoms with E-state index < -0.39 is 0 Å². The molecule has 0 saturated heterocycles. The first-order chi connectivity index (χ1) is 10.1. The van der Waals surface area contributed by atoms with E-state index in [0.717, 1.165) is 41.7 Å². The average Bonchev–Trinajstić information content (AvgIpc) is 2.98. The van der Waals surface area contributed by atoms with Crippen LogP contribution in [0.1, 0.15) is 80.8 Å². The molecule has 0 N–H and O–H groups in total. The first-order valence-corrected chi connectivity index (χ1v) is 8.43. The van der Waals surface area contributed by atoms with Gasteiger partial charge >= 0.3 is 0 Å². The van der Waals surface area contributed by atoms with Gasteiger partial charge in [-0.05, 0) is 69.2 Å². The Bertz CT molecular complexity index is 457. The standard InChI is InChI=1S/C17H24O2.C2H6/c1-4-7-16(18)15-10-13(3)17(11-12(15)2)19-14-8-5-6-9-14;1-2/h10-11,14H,4-9H2,1-3H3;1-2H3. The molecule has 0 bridgehead atoms. The van der Waals surface area contributed by atoms with Crippen molar-refractivity contribution in [2.45, 2.75) is 79.2 Å². The van der Waals surface area contributed by atoms with Gasteiger partial charge in [-0.1, -0.05) is 20.8 Å². The topological polar surface area (TPSA) is 26.3 Å². The van der Waals surface area contributed by atoms with E-state index in [-0.39, 0.29) is 5.78 Å². The highest BCUT2D eigenvalue weighted by Crippen LogP contribution is 2.29. The van der Waals surface area contributed by atoms with Crippen molar-refractivity contribution in [2.24, 2.45) is 0 Å². The van der Waals surface area contributed by atoms with Crippen molar-refractivity contribution in [3.8, 4) is 5.75 Å². The summed E-state index contributed by atoms with van der Waals surface area (Å²) in [4.78, 5) is 12.0. The van der Waals surface area contributed by atoms with E-state index in [9.17, 15) is 4.79 Å². The highest BCUT2D eigenvalue weighted by Gasteiger charge is 2.18. The molecule has 1 saturated carbocycles. The van der Waals surface area contributed by atoms with Crippen molar-refractivity contribution < 1.29 is 9.53 Å². The van der Waals surface area contributed by atoms with Crippen LogP contribution in [0.25, 0.3) is 0 Å². The third-order valence-corrected chi connectivity index (χ3v) is 3.90. The number of Topliss-reactive ketones (excluding diaryl/α,β-unsaturated/α-hetero) is 1. The van der Waals surface area contributed by atoms with Gasteiger partial charge in [-0.15, -0.1) is 0 Å². The van der Waals surface area contributed by atoms with Crippen molar-refractivity contribution in [2.75, 3.05) is 0 Å². The fraction of sp³-hybridized carbons (Fsp3) is 0.632. The Balaban J connectivity index is 0.00000106. The van der Waals surface area contributed by atoms with Gasteiger partial charge in [-0.3, -0.25) is 4.79 Å². The fourth-order valence-corrected chi connectivity index (χ4v) is 2.76. The van der Waals surface area contributed by atoms with Crippen LogP contribution in [0.3, 0.4) is 0 Å². The lowest BCUT2D eigenvalue weighted by molar-refractivity contribution is 0.0981. The van der Waals surface area contributed by atoms with Crippen molar-refractivity contribution >= 4 is 5.78 Å². The third kappa shape index (κ3) is 4.87. The monoisotopic (exact) mass is 290 g/mol. The summed E-state index contributed by atoms with van der Waals surface area (Å²) in [5, 5.41) is 0. The molecule has 21 heavy (non-hydrogen) atoms. The molecular formula is C19H30O2. The van der Waals surface area contributed by atoms with Gasteiger partial charge in [0, 0.05) is 12.0 Å². The molecule has 1 aromatic rings. The van der Waals surface area contributed by atoms with E-state index in [2.05, 4.69) is 0 Å². The molecule has 0 spiro atoms. The highest BCUT2D eigenvalue weighted by atomic mass is 16.5. The van der Waals surface area contributed by atoms with E-state index >= 15 is 0 Å². The van der Waals surface area contributed by atoms with E-state index in [1.807, 2.05) is 46.8 Å². The lowest BCUT2D eigenvalue weighted by Gasteiger charge is -2.17. The van der Waals surface area contributed by atoms with E-state index in [1.165, 1.54) is 12.8 Å². The molecule has 2 nitrogen and oxygen atoms in total. The van der Waals surface area contributed by atoms with Crippen molar-refractivity contribution in [3.63, 3.8) is 0 Å². The lowest BCUT2D eigenvalue weighted by atomic mass is 9.99. The van der Waals surface area contributed by atoms with Crippen LogP contribution in [-0.2, 0) is 0 Å². The number of ether oxygens (including phenoxy) is 1. The maximum atomic E-state index is 12.0. The molecule has 0 atom stereocenters. The number of hydrogen-bond acceptors (Lipinski definition) is 2. The van der Waals surface area contributed by atoms with Gasteiger partial charge in [0.25, 0.3) is 0 Å². The fourth-order valence-electron chi connectivity index (χ4n) is 2.76. The molecule has 2 rings (SSSR count). The van der Waals surface area contributed by atoms with Gasteiger partial charge in [0.05, 0.1) is 6.10 Å². The molecule has 2 heteroatoms. The zero-order valence-electron chi connectivity index (χ0n) is 14.3. The Morgan fingerprint density at radius 2 is 1.76 bits per heavy atom. The Kier molecular flexibility index (Phi) is 7.49. The van der Waals surface area contributed by atoms with Gasteiger partial charge in [0.2, 0.25) is 0 Å². The summed E-state index contributed by atoms with van der Waals surface area (Å²) in [5.41, 5.74) is 2.98. The summed E-state index contributed by atoms with van der Waals surface area (Å²) < 4.78 is 6.07. The van der Waals surface area contributed by atoms with Gasteiger partial charge in [-0.25, -0.2) is 0 Å². The summed E-state index contributed by atoms with van der Waals surface area (Å²) in [7, 11) is 0. The van der Waals surface area contributed by atoms with Crippen LogP contribution in [0, 0.1) is 13.8 Å². The van der Waals surface area contributed by atoms with Gasteiger partial charge < -0.3 is 4.74 Å². The SMILES string of the molecule is CC.CCCC(=O)c1cc(C)c(OC2CCCC2)cc1C. The Morgan fingerprint density at radius 1 is 1.14 bits per heavy atom. The molecule has 0 unspecified atom stereocenters. The van der Waals surface area contributed by atoms with E-state index in [1.54, 1.807) is 0 Å². The normalized spacial score (nSPS) is 14.5. The zero-order chi connectivity index (χ0) is 15.8. The molecule has 0 radical (unpaired) electrons. The van der Waals surface area contributed by atoms with Gasteiger partial charge in [0.15, 0.2) is 5.78 Å². The second kappa shape index (κ2) is 8.86. The van der Waals surface area contributed by atoms with E-state index in [4.69, 9.17) is 4.74 Å². The van der Waals surface area contributed by atoms with Crippen molar-refractivity contribution in [1.82, 2.24) is 0 Å². The van der Waals surface area contributed by atoms with Crippen LogP contribution in [0.15, 0.2) is 12.1 Å². The minimum atomic E-state index is 0.246. The minimum Gasteiger partial charge on any atom is -0.490 e. The Hall–Kier alpha value is -1.31. The summed E-state index contributed by atoms with van der Waals surface area (Å²) in [6.45, 7) is 10.1. The molecule has 1 aliphatic rings. The van der Waals surface area contributed by atoms with Gasteiger partial charge in [0.1, 0.15) is 5.75 Å². The minimum absolute atomic E-state index is 0.246. The molecule has 0 aliphatic heterocycles. The summed E-state index contributed by atoms with van der Waals surface area (Å²) in [6, 6.07) is 4.04. The van der Waals surface area contributed by atoms with Crippen LogP contribution in [0.2, 0.25) is 0 Å². The number of rotatable bonds is 5. The van der Waals surface area contributed by atoms with Crippen molar-refractivity contribution in [3.05, 3.63) is 28.8 Å². The third-order valence-electron chi connectivity index (χ3n) is 3.90. The molecule has 1 fully saturated rings. The first kappa shape index (κ1) is 17.7. The number of hydrogen-bond donors (Lipinski definition) is 0. The first-order valence-electron chi connectivity index (χ1n) is 8.43. The quantitative estimate of drug-likeness (QED) is 0.656. The molecule has 0 aromatic heterocycles. The predicted octanol–water partition coefficient (Wildman–Crippen LogP) is 5.63. The molecular weight excluding hydrogens is 260 g/mol. The second-order valence-corrected chi connectivity index (χ2v) is 5.63. The zero-order valence-corrected chi connectivity index (χ0v) is 14.3. The van der Waals surface area contributed by atoms with Gasteiger partial charge in [-0.2, -0.15) is 0 Å². The number of benzene rings is 1. The highest BCUT2D eigenvalue weighted by molar-refractivity contribution is 5.97. The molecule has 0 heterocycles. The van der Waals surface area contributed by atoms with Crippen molar-refractivity contribution in [1.29, 1.82) is 0 Å². The predicted molar refractivity (Wildman–Crippen MR) is 89.4 cm³/mol. The number of carbonyl (C=O) groups is 1. The largest absolute Gasteiger partial charge is 0.490 e. The van der Waals surface area contributed by atoms with Crippen LogP contribution in [-0.4, -0.2) is 11.9 Å².